The molecule has 1 atom stereocenters. The molecule has 1 aromatic rings. The van der Waals surface area contributed by atoms with Crippen LogP contribution in [0.25, 0.3) is 0 Å². The Balaban J connectivity index is 2.07. The molecule has 1 fully saturated rings. The standard InChI is InChI=1S/C13H14Cl2N2O3/c1-17-3-2-7(4-11(17)18)13(20)16-8-5-9(14)12(19)10(15)6-8/h5-7,19H,2-4H2,1H3,(H,16,20). The molecular formula is C13H14Cl2N2O3. The van der Waals surface area contributed by atoms with E-state index >= 15 is 0 Å². The van der Waals surface area contributed by atoms with Gasteiger partial charge in [-0.15, -0.1) is 0 Å². The van der Waals surface area contributed by atoms with E-state index in [1.165, 1.54) is 12.1 Å². The third kappa shape index (κ3) is 3.16. The van der Waals surface area contributed by atoms with Gasteiger partial charge in [0.2, 0.25) is 11.8 Å². The van der Waals surface area contributed by atoms with Gasteiger partial charge in [-0.2, -0.15) is 0 Å². The maximum Gasteiger partial charge on any atom is 0.228 e. The normalized spacial score (nSPS) is 19.1. The molecule has 1 saturated heterocycles. The number of amides is 2. The van der Waals surface area contributed by atoms with Crippen LogP contribution in [-0.2, 0) is 9.59 Å². The van der Waals surface area contributed by atoms with E-state index in [9.17, 15) is 14.7 Å². The highest BCUT2D eigenvalue weighted by Crippen LogP contribution is 2.35. The number of phenols is 1. The van der Waals surface area contributed by atoms with Crippen molar-refractivity contribution < 1.29 is 14.7 Å². The van der Waals surface area contributed by atoms with Crippen molar-refractivity contribution in [3.05, 3.63) is 22.2 Å². The molecule has 1 aromatic carbocycles. The summed E-state index contributed by atoms with van der Waals surface area (Å²) in [7, 11) is 1.72. The highest BCUT2D eigenvalue weighted by molar-refractivity contribution is 6.37. The number of carbonyl (C=O) groups excluding carboxylic acids is 2. The molecule has 0 spiro atoms. The molecule has 0 radical (unpaired) electrons. The average molecular weight is 317 g/mol. The average Bonchev–Trinajstić information content (AvgIpc) is 2.39. The number of nitrogens with zero attached hydrogens (tertiary/aromatic N) is 1. The van der Waals surface area contributed by atoms with Crippen molar-refractivity contribution in [3.63, 3.8) is 0 Å². The van der Waals surface area contributed by atoms with Crippen molar-refractivity contribution in [2.24, 2.45) is 5.92 Å². The predicted molar refractivity (Wildman–Crippen MR) is 77.1 cm³/mol. The molecule has 108 valence electrons. The second kappa shape index (κ2) is 5.89. The Hall–Kier alpha value is -1.46. The van der Waals surface area contributed by atoms with Crippen molar-refractivity contribution in [2.75, 3.05) is 18.9 Å². The molecule has 20 heavy (non-hydrogen) atoms. The van der Waals surface area contributed by atoms with Gasteiger partial charge < -0.3 is 15.3 Å². The molecule has 7 heteroatoms. The molecule has 0 saturated carbocycles. The number of hydrogen-bond donors (Lipinski definition) is 2. The molecule has 1 unspecified atom stereocenters. The Labute approximate surface area is 126 Å². The van der Waals surface area contributed by atoms with Gasteiger partial charge in [-0.05, 0) is 18.6 Å². The lowest BCUT2D eigenvalue weighted by atomic mass is 9.95. The van der Waals surface area contributed by atoms with Gasteiger partial charge in [-0.3, -0.25) is 9.59 Å². The van der Waals surface area contributed by atoms with Crippen molar-refractivity contribution in [1.29, 1.82) is 0 Å². The number of anilines is 1. The smallest absolute Gasteiger partial charge is 0.228 e. The van der Waals surface area contributed by atoms with Crippen LogP contribution in [-0.4, -0.2) is 35.4 Å². The van der Waals surface area contributed by atoms with E-state index in [1.807, 2.05) is 0 Å². The lowest BCUT2D eigenvalue weighted by molar-refractivity contribution is -0.137. The van der Waals surface area contributed by atoms with Crippen LogP contribution < -0.4 is 5.32 Å². The van der Waals surface area contributed by atoms with Crippen molar-refractivity contribution in [3.8, 4) is 5.75 Å². The summed E-state index contributed by atoms with van der Waals surface area (Å²) in [6, 6.07) is 2.83. The lowest BCUT2D eigenvalue weighted by Crippen LogP contribution is -2.39. The molecule has 1 heterocycles. The van der Waals surface area contributed by atoms with E-state index in [0.717, 1.165) is 0 Å². The van der Waals surface area contributed by atoms with E-state index in [2.05, 4.69) is 5.32 Å². The van der Waals surface area contributed by atoms with Gasteiger partial charge in [-0.1, -0.05) is 23.2 Å². The van der Waals surface area contributed by atoms with Gasteiger partial charge in [0.15, 0.2) is 5.75 Å². The zero-order valence-electron chi connectivity index (χ0n) is 10.8. The van der Waals surface area contributed by atoms with E-state index < -0.39 is 0 Å². The summed E-state index contributed by atoms with van der Waals surface area (Å²) in [5.74, 6) is -0.867. The van der Waals surface area contributed by atoms with Crippen LogP contribution in [0.15, 0.2) is 12.1 Å². The Morgan fingerprint density at radius 3 is 2.55 bits per heavy atom. The molecule has 5 nitrogen and oxygen atoms in total. The Kier molecular flexibility index (Phi) is 4.40. The summed E-state index contributed by atoms with van der Waals surface area (Å²) in [5, 5.41) is 12.2. The number of hydrogen-bond acceptors (Lipinski definition) is 3. The second-order valence-electron chi connectivity index (χ2n) is 4.78. The first-order valence-corrected chi connectivity index (χ1v) is 6.87. The molecular weight excluding hydrogens is 303 g/mol. The van der Waals surface area contributed by atoms with E-state index in [4.69, 9.17) is 23.2 Å². The highest BCUT2D eigenvalue weighted by atomic mass is 35.5. The van der Waals surface area contributed by atoms with Crippen LogP contribution in [0.1, 0.15) is 12.8 Å². The van der Waals surface area contributed by atoms with Gasteiger partial charge in [0, 0.05) is 31.6 Å². The summed E-state index contributed by atoms with van der Waals surface area (Å²) >= 11 is 11.6. The van der Waals surface area contributed by atoms with Gasteiger partial charge in [-0.25, -0.2) is 0 Å². The van der Waals surface area contributed by atoms with Crippen molar-refractivity contribution >= 4 is 40.7 Å². The second-order valence-corrected chi connectivity index (χ2v) is 5.60. The molecule has 2 rings (SSSR count). The highest BCUT2D eigenvalue weighted by Gasteiger charge is 2.28. The third-order valence-corrected chi connectivity index (χ3v) is 3.89. The topological polar surface area (TPSA) is 69.6 Å². The van der Waals surface area contributed by atoms with Crippen LogP contribution in [0.3, 0.4) is 0 Å². The van der Waals surface area contributed by atoms with Gasteiger partial charge in [0.05, 0.1) is 10.0 Å². The lowest BCUT2D eigenvalue weighted by Gasteiger charge is -2.27. The molecule has 1 aliphatic rings. The Bertz CT molecular complexity index is 540. The van der Waals surface area contributed by atoms with Gasteiger partial charge in [0.1, 0.15) is 0 Å². The maximum absolute atomic E-state index is 12.1. The number of piperidine rings is 1. The predicted octanol–water partition coefficient (Wildman–Crippen LogP) is 2.51. The van der Waals surface area contributed by atoms with Gasteiger partial charge >= 0.3 is 0 Å². The fraction of sp³-hybridized carbons (Fsp3) is 0.385. The van der Waals surface area contributed by atoms with Gasteiger partial charge in [0.25, 0.3) is 0 Å². The fourth-order valence-electron chi connectivity index (χ4n) is 2.05. The van der Waals surface area contributed by atoms with Crippen molar-refractivity contribution in [2.45, 2.75) is 12.8 Å². The summed E-state index contributed by atoms with van der Waals surface area (Å²) in [6.07, 6.45) is 0.815. The number of nitrogens with one attached hydrogen (secondary N) is 1. The van der Waals surface area contributed by atoms with Crippen LogP contribution in [0.4, 0.5) is 5.69 Å². The van der Waals surface area contributed by atoms with Crippen LogP contribution in [0.5, 0.6) is 5.75 Å². The van der Waals surface area contributed by atoms with Crippen LogP contribution in [0, 0.1) is 5.92 Å². The molecule has 0 aliphatic carbocycles. The first kappa shape index (κ1) is 14.9. The van der Waals surface area contributed by atoms with Crippen LogP contribution >= 0.6 is 23.2 Å². The molecule has 0 aromatic heterocycles. The monoisotopic (exact) mass is 316 g/mol. The number of phenolic OH excluding ortho intramolecular Hbond substituents is 1. The van der Waals surface area contributed by atoms with E-state index in [1.54, 1.807) is 11.9 Å². The third-order valence-electron chi connectivity index (χ3n) is 3.31. The number of rotatable bonds is 2. The first-order chi connectivity index (χ1) is 9.38. The molecule has 1 aliphatic heterocycles. The Morgan fingerprint density at radius 1 is 1.40 bits per heavy atom. The summed E-state index contributed by atoms with van der Waals surface area (Å²) < 4.78 is 0. The minimum atomic E-state index is -0.356. The SMILES string of the molecule is CN1CCC(C(=O)Nc2cc(Cl)c(O)c(Cl)c2)CC1=O. The Morgan fingerprint density at radius 2 is 2.00 bits per heavy atom. The summed E-state index contributed by atoms with van der Waals surface area (Å²) in [4.78, 5) is 25.3. The number of benzene rings is 1. The minimum absolute atomic E-state index is 0.0434. The number of likely N-dealkylation sites (tertiary alicyclic amines) is 1. The minimum Gasteiger partial charge on any atom is -0.505 e. The van der Waals surface area contributed by atoms with Crippen LogP contribution in [0.2, 0.25) is 10.0 Å². The molecule has 2 amide bonds. The summed E-state index contributed by atoms with van der Waals surface area (Å²) in [5.41, 5.74) is 0.397. The fourth-order valence-corrected chi connectivity index (χ4v) is 2.54. The maximum atomic E-state index is 12.1. The number of carbonyl (C=O) groups is 2. The van der Waals surface area contributed by atoms with E-state index in [-0.39, 0.29) is 39.9 Å². The molecule has 0 bridgehead atoms. The summed E-state index contributed by atoms with van der Waals surface area (Å²) in [6.45, 7) is 0.564. The molecule has 2 N–H and O–H groups in total. The first-order valence-electron chi connectivity index (χ1n) is 6.11. The van der Waals surface area contributed by atoms with E-state index in [0.29, 0.717) is 18.7 Å². The zero-order valence-corrected chi connectivity index (χ0v) is 12.3. The number of aromatic hydroxyl groups is 1. The largest absolute Gasteiger partial charge is 0.505 e. The number of halogens is 2. The van der Waals surface area contributed by atoms with Crippen molar-refractivity contribution in [1.82, 2.24) is 4.90 Å². The zero-order chi connectivity index (χ0) is 14.9. The quantitative estimate of drug-likeness (QED) is 0.824.